The molecular formula is C22H27N3O3. The molecule has 0 spiro atoms. The number of carbonyl (C=O) groups excluding carboxylic acids is 2. The summed E-state index contributed by atoms with van der Waals surface area (Å²) in [7, 11) is 1.76. The minimum absolute atomic E-state index is 0.167. The quantitative estimate of drug-likeness (QED) is 0.800. The van der Waals surface area contributed by atoms with Gasteiger partial charge in [0.2, 0.25) is 0 Å². The maximum atomic E-state index is 12.9. The Kier molecular flexibility index (Phi) is 6.53. The van der Waals surface area contributed by atoms with E-state index in [1.807, 2.05) is 0 Å². The molecule has 3 rings (SSSR count). The highest BCUT2D eigenvalue weighted by atomic mass is 16.5. The van der Waals surface area contributed by atoms with Crippen LogP contribution in [-0.4, -0.2) is 43.5 Å². The van der Waals surface area contributed by atoms with E-state index in [1.54, 1.807) is 36.2 Å². The van der Waals surface area contributed by atoms with Crippen molar-refractivity contribution < 1.29 is 14.3 Å². The van der Waals surface area contributed by atoms with Gasteiger partial charge in [0.25, 0.3) is 11.8 Å². The average Bonchev–Trinajstić information content (AvgIpc) is 2.73. The molecule has 0 aromatic heterocycles. The molecule has 148 valence electrons. The molecule has 1 aliphatic heterocycles. The molecule has 2 N–H and O–H groups in total. The number of para-hydroxylation sites is 1. The number of hydrogen-bond donors (Lipinski definition) is 1. The van der Waals surface area contributed by atoms with E-state index < -0.39 is 5.91 Å². The number of primary amides is 1. The predicted molar refractivity (Wildman–Crippen MR) is 109 cm³/mol. The van der Waals surface area contributed by atoms with Crippen molar-refractivity contribution in [3.8, 4) is 5.75 Å². The Labute approximate surface area is 165 Å². The van der Waals surface area contributed by atoms with Crippen LogP contribution < -0.4 is 15.4 Å². The van der Waals surface area contributed by atoms with Crippen molar-refractivity contribution in [1.29, 1.82) is 0 Å². The molecule has 0 bridgehead atoms. The van der Waals surface area contributed by atoms with E-state index in [1.165, 1.54) is 24.9 Å². The zero-order chi connectivity index (χ0) is 19.9. The van der Waals surface area contributed by atoms with Crippen LogP contribution in [0, 0.1) is 0 Å². The van der Waals surface area contributed by atoms with Gasteiger partial charge in [0, 0.05) is 32.4 Å². The Morgan fingerprint density at radius 2 is 1.71 bits per heavy atom. The van der Waals surface area contributed by atoms with Gasteiger partial charge in [0.1, 0.15) is 5.75 Å². The third-order valence-electron chi connectivity index (χ3n) is 4.91. The van der Waals surface area contributed by atoms with Gasteiger partial charge in [-0.25, -0.2) is 0 Å². The molecule has 1 aliphatic rings. The van der Waals surface area contributed by atoms with Crippen molar-refractivity contribution >= 4 is 17.5 Å². The van der Waals surface area contributed by atoms with E-state index >= 15 is 0 Å². The van der Waals surface area contributed by atoms with Crippen LogP contribution in [0.1, 0.15) is 35.2 Å². The number of anilines is 1. The lowest BCUT2D eigenvalue weighted by Gasteiger charge is -2.29. The molecule has 1 fully saturated rings. The lowest BCUT2D eigenvalue weighted by atomic mass is 10.1. The average molecular weight is 381 g/mol. The van der Waals surface area contributed by atoms with Crippen LogP contribution in [-0.2, 0) is 11.3 Å². The fourth-order valence-corrected chi connectivity index (χ4v) is 3.43. The van der Waals surface area contributed by atoms with Crippen molar-refractivity contribution in [2.45, 2.75) is 25.8 Å². The minimum atomic E-state index is -0.579. The van der Waals surface area contributed by atoms with Gasteiger partial charge in [-0.05, 0) is 49.1 Å². The number of rotatable bonds is 7. The largest absolute Gasteiger partial charge is 0.483 e. The van der Waals surface area contributed by atoms with Crippen LogP contribution in [0.15, 0.2) is 48.5 Å². The molecular weight excluding hydrogens is 354 g/mol. The molecule has 2 amide bonds. The maximum Gasteiger partial charge on any atom is 0.257 e. The first-order chi connectivity index (χ1) is 13.5. The summed E-state index contributed by atoms with van der Waals surface area (Å²) in [4.78, 5) is 27.9. The summed E-state index contributed by atoms with van der Waals surface area (Å²) < 4.78 is 5.38. The molecule has 1 heterocycles. The monoisotopic (exact) mass is 381 g/mol. The smallest absolute Gasteiger partial charge is 0.257 e. The number of hydrogen-bond acceptors (Lipinski definition) is 4. The Bertz CT molecular complexity index is 814. The van der Waals surface area contributed by atoms with Crippen molar-refractivity contribution in [2.24, 2.45) is 5.73 Å². The van der Waals surface area contributed by atoms with Gasteiger partial charge < -0.3 is 20.3 Å². The number of piperidine rings is 1. The highest BCUT2D eigenvalue weighted by molar-refractivity contribution is 5.96. The van der Waals surface area contributed by atoms with Crippen LogP contribution in [0.25, 0.3) is 0 Å². The topological polar surface area (TPSA) is 75.9 Å². The van der Waals surface area contributed by atoms with Crippen molar-refractivity contribution in [2.75, 3.05) is 31.6 Å². The second-order valence-corrected chi connectivity index (χ2v) is 7.13. The molecule has 2 aromatic rings. The van der Waals surface area contributed by atoms with E-state index in [0.717, 1.165) is 18.7 Å². The van der Waals surface area contributed by atoms with Crippen LogP contribution in [0.5, 0.6) is 5.75 Å². The number of benzene rings is 2. The second kappa shape index (κ2) is 9.26. The molecule has 2 aromatic carbocycles. The Morgan fingerprint density at radius 3 is 2.39 bits per heavy atom. The van der Waals surface area contributed by atoms with E-state index in [0.29, 0.717) is 17.9 Å². The summed E-state index contributed by atoms with van der Waals surface area (Å²) in [6.45, 7) is 2.45. The van der Waals surface area contributed by atoms with Crippen LogP contribution in [0.2, 0.25) is 0 Å². The van der Waals surface area contributed by atoms with Crippen molar-refractivity contribution in [3.05, 3.63) is 59.7 Å². The van der Waals surface area contributed by atoms with E-state index in [9.17, 15) is 9.59 Å². The summed E-state index contributed by atoms with van der Waals surface area (Å²) >= 11 is 0. The first-order valence-corrected chi connectivity index (χ1v) is 9.64. The number of nitrogens with zero attached hydrogens (tertiary/aromatic N) is 2. The Balaban J connectivity index is 1.65. The van der Waals surface area contributed by atoms with Gasteiger partial charge in [0.05, 0.1) is 5.56 Å². The summed E-state index contributed by atoms with van der Waals surface area (Å²) in [5, 5.41) is 0. The van der Waals surface area contributed by atoms with E-state index in [2.05, 4.69) is 29.2 Å². The molecule has 0 unspecified atom stereocenters. The van der Waals surface area contributed by atoms with Gasteiger partial charge in [-0.1, -0.05) is 24.3 Å². The minimum Gasteiger partial charge on any atom is -0.483 e. The molecule has 0 aliphatic carbocycles. The summed E-state index contributed by atoms with van der Waals surface area (Å²) in [6.07, 6.45) is 3.80. The van der Waals surface area contributed by atoms with Gasteiger partial charge in [-0.3, -0.25) is 9.59 Å². The van der Waals surface area contributed by atoms with Gasteiger partial charge in [0.15, 0.2) is 6.61 Å². The molecule has 0 saturated carbocycles. The number of ether oxygens (including phenoxy) is 1. The number of carbonyl (C=O) groups is 2. The number of nitrogens with two attached hydrogens (primary N) is 1. The molecule has 1 saturated heterocycles. The molecule has 28 heavy (non-hydrogen) atoms. The van der Waals surface area contributed by atoms with Crippen LogP contribution >= 0.6 is 0 Å². The lowest BCUT2D eigenvalue weighted by molar-refractivity contribution is -0.119. The normalized spacial score (nSPS) is 13.8. The Morgan fingerprint density at radius 1 is 1.04 bits per heavy atom. The van der Waals surface area contributed by atoms with Crippen molar-refractivity contribution in [1.82, 2.24) is 4.90 Å². The second-order valence-electron chi connectivity index (χ2n) is 7.13. The fraction of sp³-hybridized carbons (Fsp3) is 0.364. The molecule has 6 heteroatoms. The maximum absolute atomic E-state index is 12.9. The van der Waals surface area contributed by atoms with Crippen molar-refractivity contribution in [3.63, 3.8) is 0 Å². The molecule has 0 radical (unpaired) electrons. The molecule has 0 atom stereocenters. The SMILES string of the molecule is CN(Cc1ccc(N2CCCCC2)cc1)C(=O)c1ccccc1OCC(N)=O. The fourth-order valence-electron chi connectivity index (χ4n) is 3.43. The first-order valence-electron chi connectivity index (χ1n) is 9.64. The summed E-state index contributed by atoms with van der Waals surface area (Å²) in [6, 6.07) is 15.3. The standard InChI is InChI=1S/C22H27N3O3/c1-24(22(27)19-7-3-4-8-20(19)28-16-21(23)26)15-17-9-11-18(12-10-17)25-13-5-2-6-14-25/h3-4,7-12H,2,5-6,13-16H2,1H3,(H2,23,26). The zero-order valence-corrected chi connectivity index (χ0v) is 16.3. The van der Waals surface area contributed by atoms with Gasteiger partial charge >= 0.3 is 0 Å². The van der Waals surface area contributed by atoms with Gasteiger partial charge in [-0.2, -0.15) is 0 Å². The summed E-state index contributed by atoms with van der Waals surface area (Å²) in [5.41, 5.74) is 7.85. The number of amides is 2. The highest BCUT2D eigenvalue weighted by Crippen LogP contribution is 2.22. The Hall–Kier alpha value is -3.02. The third-order valence-corrected chi connectivity index (χ3v) is 4.91. The van der Waals surface area contributed by atoms with E-state index in [4.69, 9.17) is 10.5 Å². The highest BCUT2D eigenvalue weighted by Gasteiger charge is 2.17. The zero-order valence-electron chi connectivity index (χ0n) is 16.3. The van der Waals surface area contributed by atoms with Gasteiger partial charge in [-0.15, -0.1) is 0 Å². The lowest BCUT2D eigenvalue weighted by Crippen LogP contribution is -2.29. The molecule has 6 nitrogen and oxygen atoms in total. The van der Waals surface area contributed by atoms with E-state index in [-0.39, 0.29) is 12.5 Å². The van der Waals surface area contributed by atoms with Crippen LogP contribution in [0.3, 0.4) is 0 Å². The third kappa shape index (κ3) is 5.03. The predicted octanol–water partition coefficient (Wildman–Crippen LogP) is 2.81. The first kappa shape index (κ1) is 19.7. The summed E-state index contributed by atoms with van der Waals surface area (Å²) in [5.74, 6) is -0.386. The van der Waals surface area contributed by atoms with Crippen LogP contribution in [0.4, 0.5) is 5.69 Å².